The molecular weight excluding hydrogens is 627 g/mol. The summed E-state index contributed by atoms with van der Waals surface area (Å²) in [4.78, 5) is 15.9. The van der Waals surface area contributed by atoms with Gasteiger partial charge in [0, 0.05) is 12.6 Å². The number of halogens is 3. The van der Waals surface area contributed by atoms with Crippen LogP contribution in [0.1, 0.15) is 36.8 Å². The number of hydrogen-bond donors (Lipinski definition) is 2. The first-order valence-electron chi connectivity index (χ1n) is 15.7. The Morgan fingerprint density at radius 2 is 1.47 bits per heavy atom. The summed E-state index contributed by atoms with van der Waals surface area (Å²) in [5, 5.41) is 2.18. The third-order valence-electron chi connectivity index (χ3n) is 8.88. The summed E-state index contributed by atoms with van der Waals surface area (Å²) in [6.45, 7) is 0.476. The zero-order chi connectivity index (χ0) is 33.1. The van der Waals surface area contributed by atoms with Crippen molar-refractivity contribution in [2.24, 2.45) is 0 Å². The van der Waals surface area contributed by atoms with E-state index in [1.807, 2.05) is 66.7 Å². The molecular formula is C36H36F3N3O4S. The lowest BCUT2D eigenvalue weighted by molar-refractivity contribution is -0.141. The van der Waals surface area contributed by atoms with Crippen LogP contribution >= 0.6 is 0 Å². The Kier molecular flexibility index (Phi) is 9.41. The quantitative estimate of drug-likeness (QED) is 0.166. The van der Waals surface area contributed by atoms with Crippen LogP contribution in [0.5, 0.6) is 11.5 Å². The van der Waals surface area contributed by atoms with Crippen LogP contribution in [-0.2, 0) is 20.2 Å². The highest BCUT2D eigenvalue weighted by Crippen LogP contribution is 2.51. The van der Waals surface area contributed by atoms with Crippen LogP contribution in [0.25, 0.3) is 11.1 Å². The van der Waals surface area contributed by atoms with Crippen molar-refractivity contribution in [1.29, 1.82) is 0 Å². The number of benzene rings is 4. The van der Waals surface area contributed by atoms with Gasteiger partial charge in [0.2, 0.25) is 15.9 Å². The first-order chi connectivity index (χ1) is 22.6. The molecule has 1 fully saturated rings. The van der Waals surface area contributed by atoms with Gasteiger partial charge in [0.05, 0.1) is 0 Å². The lowest BCUT2D eigenvalue weighted by Gasteiger charge is -2.31. The fourth-order valence-corrected chi connectivity index (χ4v) is 8.19. The van der Waals surface area contributed by atoms with E-state index >= 15 is 0 Å². The maximum atomic E-state index is 13.7. The van der Waals surface area contributed by atoms with E-state index in [2.05, 4.69) is 14.9 Å². The van der Waals surface area contributed by atoms with Crippen molar-refractivity contribution in [1.82, 2.24) is 14.9 Å². The minimum absolute atomic E-state index is 0.0635. The van der Waals surface area contributed by atoms with Crippen molar-refractivity contribution < 1.29 is 31.1 Å². The molecule has 0 aromatic heterocycles. The molecule has 1 heterocycles. The van der Waals surface area contributed by atoms with Gasteiger partial charge in [-0.3, -0.25) is 4.79 Å². The average Bonchev–Trinajstić information content (AvgIpc) is 3.62. The summed E-state index contributed by atoms with van der Waals surface area (Å²) in [5.41, 5.74) is 1.91. The number of ether oxygens (including phenoxy) is 1. The van der Waals surface area contributed by atoms with Gasteiger partial charge < -0.3 is 15.0 Å². The largest absolute Gasteiger partial charge is 0.456 e. The number of unbranched alkanes of at least 4 members (excludes halogenated alkanes) is 1. The standard InChI is InChI=1S/C36H36F3N3O4S/c37-36(38,39)25-40-34(43)35(30-16-6-4-14-28(30)29-15-5-7-17-31(29)35)21-10-11-22-42-23-20-26(24-42)41-47(44,45)33-19-9-8-18-32(33)46-27-12-2-1-3-13-27/h1-9,12-19,26,41H,10-11,20-25H2,(H,40,43). The van der Waals surface area contributed by atoms with Crippen molar-refractivity contribution in [3.05, 3.63) is 114 Å². The predicted octanol–water partition coefficient (Wildman–Crippen LogP) is 6.65. The summed E-state index contributed by atoms with van der Waals surface area (Å²) in [6, 6.07) is 30.1. The van der Waals surface area contributed by atoms with E-state index in [9.17, 15) is 26.4 Å². The second-order valence-corrected chi connectivity index (χ2v) is 13.7. The second-order valence-electron chi connectivity index (χ2n) is 12.0. The van der Waals surface area contributed by atoms with Gasteiger partial charge in [-0.2, -0.15) is 13.2 Å². The molecule has 246 valence electrons. The summed E-state index contributed by atoms with van der Waals surface area (Å²) < 4.78 is 75.0. The fraction of sp³-hybridized carbons (Fsp3) is 0.306. The molecule has 0 bridgehead atoms. The molecule has 0 radical (unpaired) electrons. The highest BCUT2D eigenvalue weighted by molar-refractivity contribution is 7.89. The van der Waals surface area contributed by atoms with Gasteiger partial charge >= 0.3 is 6.18 Å². The third-order valence-corrected chi connectivity index (χ3v) is 10.4. The molecule has 4 aromatic rings. The van der Waals surface area contributed by atoms with Crippen molar-refractivity contribution in [3.63, 3.8) is 0 Å². The van der Waals surface area contributed by atoms with E-state index in [0.29, 0.717) is 62.2 Å². The van der Waals surface area contributed by atoms with Crippen molar-refractivity contribution in [2.45, 2.75) is 48.2 Å². The van der Waals surface area contributed by atoms with Crippen LogP contribution in [0.4, 0.5) is 13.2 Å². The van der Waals surface area contributed by atoms with Gasteiger partial charge in [-0.25, -0.2) is 13.1 Å². The smallest absolute Gasteiger partial charge is 0.405 e. The number of hydrogen-bond acceptors (Lipinski definition) is 5. The van der Waals surface area contributed by atoms with E-state index in [4.69, 9.17) is 4.74 Å². The van der Waals surface area contributed by atoms with Crippen LogP contribution in [-0.4, -0.2) is 57.6 Å². The topological polar surface area (TPSA) is 87.7 Å². The average molecular weight is 664 g/mol. The van der Waals surface area contributed by atoms with E-state index in [0.717, 1.165) is 11.1 Å². The number of alkyl halides is 3. The van der Waals surface area contributed by atoms with Gasteiger partial charge in [0.15, 0.2) is 0 Å². The Morgan fingerprint density at radius 1 is 0.851 bits per heavy atom. The summed E-state index contributed by atoms with van der Waals surface area (Å²) in [6.07, 6.45) is -2.29. The predicted molar refractivity (Wildman–Crippen MR) is 174 cm³/mol. The molecule has 6 rings (SSSR count). The normalized spacial score (nSPS) is 17.2. The lowest BCUT2D eigenvalue weighted by Crippen LogP contribution is -2.47. The molecule has 1 aliphatic heterocycles. The Morgan fingerprint density at radius 3 is 2.15 bits per heavy atom. The molecule has 1 aliphatic carbocycles. The first kappa shape index (κ1) is 32.7. The van der Waals surface area contributed by atoms with Crippen LogP contribution < -0.4 is 14.8 Å². The van der Waals surface area contributed by atoms with E-state index in [1.165, 1.54) is 6.07 Å². The third kappa shape index (κ3) is 7.07. The molecule has 1 unspecified atom stereocenters. The highest BCUT2D eigenvalue weighted by Gasteiger charge is 2.49. The number of para-hydroxylation sites is 2. The van der Waals surface area contributed by atoms with Crippen molar-refractivity contribution >= 4 is 15.9 Å². The van der Waals surface area contributed by atoms with Gasteiger partial charge in [-0.1, -0.05) is 85.3 Å². The highest BCUT2D eigenvalue weighted by atomic mass is 32.2. The maximum Gasteiger partial charge on any atom is 0.405 e. The molecule has 0 spiro atoms. The Bertz CT molecular complexity index is 1790. The molecule has 7 nitrogen and oxygen atoms in total. The minimum atomic E-state index is -4.53. The van der Waals surface area contributed by atoms with E-state index < -0.39 is 34.1 Å². The molecule has 0 saturated carbocycles. The number of carbonyl (C=O) groups is 1. The zero-order valence-electron chi connectivity index (χ0n) is 25.7. The van der Waals surface area contributed by atoms with Crippen molar-refractivity contribution in [2.75, 3.05) is 26.2 Å². The number of sulfonamides is 1. The Labute approximate surface area is 272 Å². The van der Waals surface area contributed by atoms with Gasteiger partial charge in [0.25, 0.3) is 0 Å². The molecule has 2 aliphatic rings. The first-order valence-corrected chi connectivity index (χ1v) is 17.2. The Balaban J connectivity index is 1.10. The molecule has 2 N–H and O–H groups in total. The van der Waals surface area contributed by atoms with Crippen molar-refractivity contribution in [3.8, 4) is 22.6 Å². The molecule has 4 aromatic carbocycles. The van der Waals surface area contributed by atoms with Gasteiger partial charge in [0.1, 0.15) is 28.4 Å². The number of nitrogens with one attached hydrogen (secondary N) is 2. The molecule has 1 atom stereocenters. The SMILES string of the molecule is O=C(NCC(F)(F)F)C1(CCCCN2CCC(NS(=O)(=O)c3ccccc3Oc3ccccc3)C2)c2ccccc2-c2ccccc21. The fourth-order valence-electron chi connectivity index (χ4n) is 6.80. The lowest BCUT2D eigenvalue weighted by atomic mass is 9.73. The van der Waals surface area contributed by atoms with E-state index in [1.54, 1.807) is 30.3 Å². The molecule has 1 amide bonds. The number of amides is 1. The van der Waals surface area contributed by atoms with Gasteiger partial charge in [-0.15, -0.1) is 0 Å². The Hall–Kier alpha value is -4.19. The van der Waals surface area contributed by atoms with Crippen LogP contribution in [0.2, 0.25) is 0 Å². The number of fused-ring (bicyclic) bond motifs is 3. The zero-order valence-corrected chi connectivity index (χ0v) is 26.5. The molecule has 1 saturated heterocycles. The summed E-state index contributed by atoms with van der Waals surface area (Å²) >= 11 is 0. The number of carbonyl (C=O) groups excluding carboxylic acids is 1. The van der Waals surface area contributed by atoms with Crippen LogP contribution in [0.15, 0.2) is 108 Å². The number of nitrogens with zero attached hydrogens (tertiary/aromatic N) is 1. The minimum Gasteiger partial charge on any atom is -0.456 e. The molecule has 47 heavy (non-hydrogen) atoms. The second kappa shape index (κ2) is 13.5. The number of rotatable bonds is 12. The van der Waals surface area contributed by atoms with Crippen LogP contribution in [0, 0.1) is 0 Å². The summed E-state index contributed by atoms with van der Waals surface area (Å²) in [5.74, 6) is 0.120. The number of likely N-dealkylation sites (tertiary alicyclic amines) is 1. The van der Waals surface area contributed by atoms with Gasteiger partial charge in [-0.05, 0) is 78.9 Å². The maximum absolute atomic E-state index is 13.7. The molecule has 11 heteroatoms. The summed E-state index contributed by atoms with van der Waals surface area (Å²) in [7, 11) is -3.87. The van der Waals surface area contributed by atoms with Crippen LogP contribution in [0.3, 0.4) is 0 Å². The monoisotopic (exact) mass is 663 g/mol. The van der Waals surface area contributed by atoms with E-state index in [-0.39, 0.29) is 16.7 Å².